The highest BCUT2D eigenvalue weighted by atomic mass is 32.2. The zero-order chi connectivity index (χ0) is 36.5. The number of ether oxygens (including phenoxy) is 2. The lowest BCUT2D eigenvalue weighted by molar-refractivity contribution is -0.139. The van der Waals surface area contributed by atoms with Gasteiger partial charge in [0, 0.05) is 48.1 Å². The van der Waals surface area contributed by atoms with Gasteiger partial charge in [0.05, 0.1) is 7.11 Å². The molecule has 1 saturated heterocycles. The summed E-state index contributed by atoms with van der Waals surface area (Å²) < 4.78 is 38.3. The van der Waals surface area contributed by atoms with Crippen LogP contribution in [0.25, 0.3) is 10.9 Å². The van der Waals surface area contributed by atoms with E-state index in [2.05, 4.69) is 25.1 Å². The fourth-order valence-corrected chi connectivity index (χ4v) is 8.15. The van der Waals surface area contributed by atoms with Gasteiger partial charge in [-0.05, 0) is 76.6 Å². The smallest absolute Gasteiger partial charge is 0.408 e. The van der Waals surface area contributed by atoms with Gasteiger partial charge >= 0.3 is 12.1 Å². The molecule has 1 aromatic heterocycles. The van der Waals surface area contributed by atoms with E-state index in [4.69, 9.17) is 4.74 Å². The Balaban J connectivity index is 1.34. The summed E-state index contributed by atoms with van der Waals surface area (Å²) in [4.78, 5) is 57.3. The molecule has 1 spiro atoms. The minimum absolute atomic E-state index is 0.214. The number of aromatic amines is 1. The van der Waals surface area contributed by atoms with Crippen LogP contribution in [0.15, 0.2) is 54.7 Å². The van der Waals surface area contributed by atoms with Gasteiger partial charge in [0.2, 0.25) is 21.8 Å². The van der Waals surface area contributed by atoms with Crippen LogP contribution in [-0.2, 0) is 45.7 Å². The number of esters is 1. The van der Waals surface area contributed by atoms with Crippen LogP contribution in [0.3, 0.4) is 0 Å². The molecule has 1 fully saturated rings. The fourth-order valence-electron chi connectivity index (χ4n) is 7.00. The monoisotopic (exact) mass is 709 g/mol. The Morgan fingerprint density at radius 2 is 1.66 bits per heavy atom. The van der Waals surface area contributed by atoms with Crippen molar-refractivity contribution in [2.75, 3.05) is 26.0 Å². The molecule has 14 heteroatoms. The van der Waals surface area contributed by atoms with Crippen molar-refractivity contribution in [3.8, 4) is 0 Å². The van der Waals surface area contributed by atoms with Crippen LogP contribution < -0.4 is 15.4 Å². The second kappa shape index (κ2) is 14.1. The summed E-state index contributed by atoms with van der Waals surface area (Å²) in [5.74, 6) is -2.41. The van der Waals surface area contributed by atoms with Crippen molar-refractivity contribution in [2.45, 2.75) is 88.9 Å². The molecule has 270 valence electrons. The molecule has 13 nitrogen and oxygen atoms in total. The number of para-hydroxylation sites is 1. The van der Waals surface area contributed by atoms with Gasteiger partial charge in [-0.2, -0.15) is 0 Å². The lowest BCUT2D eigenvalue weighted by atomic mass is 9.73. The number of nitrogens with one attached hydrogen (secondary N) is 4. The van der Waals surface area contributed by atoms with Crippen molar-refractivity contribution in [1.29, 1.82) is 0 Å². The highest BCUT2D eigenvalue weighted by Gasteiger charge is 2.47. The molecule has 0 radical (unpaired) electrons. The van der Waals surface area contributed by atoms with E-state index in [0.717, 1.165) is 34.7 Å². The summed E-state index contributed by atoms with van der Waals surface area (Å²) in [6.07, 6.45) is 2.93. The molecule has 50 heavy (non-hydrogen) atoms. The molecule has 3 aromatic rings. The van der Waals surface area contributed by atoms with Crippen molar-refractivity contribution < 1.29 is 37.1 Å². The van der Waals surface area contributed by atoms with Crippen LogP contribution in [0.5, 0.6) is 0 Å². The van der Waals surface area contributed by atoms with Gasteiger partial charge in [-0.1, -0.05) is 42.5 Å². The Kier molecular flexibility index (Phi) is 10.4. The molecule has 2 heterocycles. The number of H-pyrrole nitrogens is 1. The van der Waals surface area contributed by atoms with Crippen molar-refractivity contribution in [3.05, 3.63) is 71.4 Å². The number of methoxy groups -OCH3 is 1. The standard InChI is InChI=1S/C36H47N5O8S/c1-34(2,3)49-33(45)39-35(4,5)32(44)38-28(19-23-21-37-27-14-10-8-11-24(23)27)31(43)41-17-15-36(16-18-41)20-29(25-12-7-9-13-26(25)36)40-50(46,47)22-30(42)48-6/h7-14,21,28-29,37,40H,15-20,22H2,1-6H3,(H,38,44)(H,39,45)/t28?,29-/m1/s1. The summed E-state index contributed by atoms with van der Waals surface area (Å²) in [5.41, 5.74) is 1.10. The van der Waals surface area contributed by atoms with Crippen LogP contribution >= 0.6 is 0 Å². The third-order valence-electron chi connectivity index (χ3n) is 9.48. The molecular formula is C36H47N5O8S. The second-order valence-electron chi connectivity index (χ2n) is 14.7. The third kappa shape index (κ3) is 8.29. The zero-order valence-corrected chi connectivity index (χ0v) is 30.2. The Hall–Kier alpha value is -4.43. The van der Waals surface area contributed by atoms with E-state index in [1.165, 1.54) is 0 Å². The average Bonchev–Trinajstić information content (AvgIpc) is 3.57. The summed E-state index contributed by atoms with van der Waals surface area (Å²) in [6.45, 7) is 9.06. The number of carbonyl (C=O) groups is 4. The summed E-state index contributed by atoms with van der Waals surface area (Å²) in [6, 6.07) is 13.9. The second-order valence-corrected chi connectivity index (χ2v) is 16.5. The van der Waals surface area contributed by atoms with Crippen molar-refractivity contribution in [2.24, 2.45) is 0 Å². The number of amides is 3. The van der Waals surface area contributed by atoms with Crippen LogP contribution in [0, 0.1) is 0 Å². The number of rotatable bonds is 10. The molecule has 2 aliphatic rings. The number of piperidine rings is 1. The summed E-state index contributed by atoms with van der Waals surface area (Å²) in [5, 5.41) is 6.49. The molecule has 1 aliphatic heterocycles. The molecule has 2 aromatic carbocycles. The van der Waals surface area contributed by atoms with Crippen molar-refractivity contribution in [3.63, 3.8) is 0 Å². The maximum atomic E-state index is 14.3. The quantitative estimate of drug-likeness (QED) is 0.231. The van der Waals surface area contributed by atoms with Gasteiger partial charge in [0.25, 0.3) is 0 Å². The van der Waals surface area contributed by atoms with Gasteiger partial charge in [-0.15, -0.1) is 0 Å². The van der Waals surface area contributed by atoms with Crippen LogP contribution in [-0.4, -0.2) is 85.3 Å². The SMILES string of the molecule is COC(=O)CS(=O)(=O)N[C@@H]1CC2(CCN(C(=O)C(Cc3c[nH]c4ccccc34)NC(=O)C(C)(C)NC(=O)OC(C)(C)C)CC2)c2ccccc21. The Morgan fingerprint density at radius 3 is 2.34 bits per heavy atom. The first kappa shape index (κ1) is 36.8. The van der Waals surface area contributed by atoms with Gasteiger partial charge in [0.15, 0.2) is 5.75 Å². The number of benzene rings is 2. The highest BCUT2D eigenvalue weighted by Crippen LogP contribution is 2.51. The number of likely N-dealkylation sites (tertiary alicyclic amines) is 1. The van der Waals surface area contributed by atoms with Crippen LogP contribution in [0.4, 0.5) is 4.79 Å². The Labute approximate surface area is 292 Å². The van der Waals surface area contributed by atoms with E-state index in [9.17, 15) is 27.6 Å². The molecular weight excluding hydrogens is 662 g/mol. The zero-order valence-electron chi connectivity index (χ0n) is 29.4. The predicted octanol–water partition coefficient (Wildman–Crippen LogP) is 3.60. The average molecular weight is 710 g/mol. The summed E-state index contributed by atoms with van der Waals surface area (Å²) in [7, 11) is -2.81. The van der Waals surface area contributed by atoms with Crippen molar-refractivity contribution in [1.82, 2.24) is 25.2 Å². The minimum Gasteiger partial charge on any atom is -0.468 e. The predicted molar refractivity (Wildman–Crippen MR) is 188 cm³/mol. The maximum absolute atomic E-state index is 14.3. The first-order chi connectivity index (χ1) is 23.4. The molecule has 2 atom stereocenters. The van der Waals surface area contributed by atoms with Crippen molar-refractivity contribution >= 4 is 44.8 Å². The topological polar surface area (TPSA) is 176 Å². The number of alkyl carbamates (subject to hydrolysis) is 1. The van der Waals surface area contributed by atoms with Gasteiger partial charge in [0.1, 0.15) is 17.2 Å². The molecule has 1 unspecified atom stereocenters. The van der Waals surface area contributed by atoms with Crippen LogP contribution in [0.2, 0.25) is 0 Å². The van der Waals surface area contributed by atoms with Gasteiger partial charge in [-0.25, -0.2) is 17.9 Å². The molecule has 0 saturated carbocycles. The number of sulfonamides is 1. The van der Waals surface area contributed by atoms with Gasteiger partial charge in [-0.3, -0.25) is 14.4 Å². The lowest BCUT2D eigenvalue weighted by Gasteiger charge is -2.41. The lowest BCUT2D eigenvalue weighted by Crippen LogP contribution is -2.60. The molecule has 0 bridgehead atoms. The number of aromatic nitrogens is 1. The molecule has 3 amide bonds. The summed E-state index contributed by atoms with van der Waals surface area (Å²) >= 11 is 0. The van der Waals surface area contributed by atoms with E-state index in [1.807, 2.05) is 54.7 Å². The van der Waals surface area contributed by atoms with E-state index in [-0.39, 0.29) is 17.7 Å². The minimum atomic E-state index is -3.96. The fraction of sp³-hybridized carbons (Fsp3) is 0.500. The maximum Gasteiger partial charge on any atom is 0.408 e. The highest BCUT2D eigenvalue weighted by molar-refractivity contribution is 7.90. The number of hydrogen-bond donors (Lipinski definition) is 4. The van der Waals surface area contributed by atoms with Crippen LogP contribution in [0.1, 0.15) is 76.6 Å². The number of nitrogens with zero attached hydrogens (tertiary/aromatic N) is 1. The van der Waals surface area contributed by atoms with E-state index >= 15 is 0 Å². The third-order valence-corrected chi connectivity index (χ3v) is 10.7. The van der Waals surface area contributed by atoms with E-state index in [0.29, 0.717) is 32.4 Å². The first-order valence-electron chi connectivity index (χ1n) is 16.7. The first-order valence-corrected chi connectivity index (χ1v) is 18.4. The molecule has 4 N–H and O–H groups in total. The molecule has 1 aliphatic carbocycles. The normalized spacial score (nSPS) is 18.0. The van der Waals surface area contributed by atoms with Gasteiger partial charge < -0.3 is 30.0 Å². The Morgan fingerprint density at radius 1 is 1.00 bits per heavy atom. The Bertz CT molecular complexity index is 1870. The number of carbonyl (C=O) groups excluding carboxylic acids is 4. The largest absolute Gasteiger partial charge is 0.468 e. The number of hydrogen-bond acceptors (Lipinski definition) is 8. The number of fused-ring (bicyclic) bond motifs is 3. The van der Waals surface area contributed by atoms with E-state index < -0.39 is 57.0 Å². The van der Waals surface area contributed by atoms with E-state index in [1.54, 1.807) is 39.5 Å². The molecule has 5 rings (SSSR count).